The van der Waals surface area contributed by atoms with Crippen molar-refractivity contribution < 1.29 is 32.4 Å². The number of fused-ring (bicyclic) bond motifs is 2. The Hall–Kier alpha value is -2.96. The molecule has 308 valence electrons. The molecule has 6 rings (SSSR count). The Morgan fingerprint density at radius 3 is 2.05 bits per heavy atom. The van der Waals surface area contributed by atoms with Gasteiger partial charge >= 0.3 is 6.03 Å². The molecule has 0 aromatic carbocycles. The molecule has 1 saturated heterocycles. The first-order valence-electron chi connectivity index (χ1n) is 21.3. The summed E-state index contributed by atoms with van der Waals surface area (Å²) in [7, 11) is -3.57. The molecular formula is C42H67N5O7S. The average molecular weight is 786 g/mol. The van der Waals surface area contributed by atoms with Crippen LogP contribution in [0, 0.1) is 28.6 Å². The Morgan fingerprint density at radius 2 is 1.49 bits per heavy atom. The normalized spacial score (nSPS) is 27.9. The number of sulfone groups is 1. The number of ketones is 1. The molecule has 5 atom stereocenters. The maximum atomic E-state index is 15.2. The number of carbonyl (C=O) groups is 5. The smallest absolute Gasteiger partial charge is 0.315 e. The fourth-order valence-corrected chi connectivity index (χ4v) is 12.3. The fourth-order valence-electron chi connectivity index (χ4n) is 10.7. The molecular weight excluding hydrogens is 719 g/mol. The molecule has 13 heteroatoms. The van der Waals surface area contributed by atoms with Gasteiger partial charge in [0.15, 0.2) is 9.84 Å². The molecule has 0 radical (unpaired) electrons. The van der Waals surface area contributed by atoms with Crippen molar-refractivity contribution in [3.8, 4) is 0 Å². The molecule has 1 spiro atoms. The lowest BCUT2D eigenvalue weighted by molar-refractivity contribution is -0.145. The summed E-state index contributed by atoms with van der Waals surface area (Å²) in [6.45, 7) is 11.3. The summed E-state index contributed by atoms with van der Waals surface area (Å²) in [5.74, 6) is -2.01. The monoisotopic (exact) mass is 785 g/mol. The van der Waals surface area contributed by atoms with E-state index in [1.165, 1.54) is 6.08 Å². The van der Waals surface area contributed by atoms with Gasteiger partial charge in [-0.15, -0.1) is 6.58 Å². The molecule has 0 bridgehead atoms. The molecule has 0 aromatic rings. The first-order chi connectivity index (χ1) is 25.9. The zero-order valence-electron chi connectivity index (χ0n) is 33.8. The number of amides is 5. The van der Waals surface area contributed by atoms with Crippen molar-refractivity contribution in [2.45, 2.75) is 172 Å². The van der Waals surface area contributed by atoms with Gasteiger partial charge in [-0.05, 0) is 107 Å². The van der Waals surface area contributed by atoms with Crippen LogP contribution in [-0.2, 0) is 29.0 Å². The summed E-state index contributed by atoms with van der Waals surface area (Å²) in [5, 5.41) is 11.8. The lowest BCUT2D eigenvalue weighted by Crippen LogP contribution is -2.64. The minimum Gasteiger partial charge on any atom is -0.346 e. The molecule has 0 aromatic heterocycles. The van der Waals surface area contributed by atoms with E-state index < -0.39 is 67.3 Å². The third kappa shape index (κ3) is 8.81. The molecule has 55 heavy (non-hydrogen) atoms. The highest BCUT2D eigenvalue weighted by atomic mass is 32.2. The van der Waals surface area contributed by atoms with Gasteiger partial charge in [0, 0.05) is 13.1 Å². The van der Waals surface area contributed by atoms with Crippen LogP contribution in [0.15, 0.2) is 12.7 Å². The quantitative estimate of drug-likeness (QED) is 0.140. The van der Waals surface area contributed by atoms with Gasteiger partial charge in [-0.2, -0.15) is 0 Å². The third-order valence-corrected chi connectivity index (χ3v) is 17.5. The van der Waals surface area contributed by atoms with Crippen molar-refractivity contribution in [3.05, 3.63) is 12.7 Å². The van der Waals surface area contributed by atoms with E-state index in [1.807, 2.05) is 0 Å². The van der Waals surface area contributed by atoms with E-state index in [1.54, 1.807) is 25.7 Å². The van der Waals surface area contributed by atoms with Crippen molar-refractivity contribution in [2.75, 3.05) is 18.8 Å². The van der Waals surface area contributed by atoms with Crippen LogP contribution in [0.5, 0.6) is 0 Å². The predicted molar refractivity (Wildman–Crippen MR) is 211 cm³/mol. The van der Waals surface area contributed by atoms with Crippen LogP contribution in [-0.4, -0.2) is 90.1 Å². The summed E-state index contributed by atoms with van der Waals surface area (Å²) in [6.07, 6.45) is 16.7. The van der Waals surface area contributed by atoms with Crippen LogP contribution in [0.1, 0.15) is 143 Å². The van der Waals surface area contributed by atoms with Crippen molar-refractivity contribution in [2.24, 2.45) is 28.6 Å². The van der Waals surface area contributed by atoms with E-state index in [0.29, 0.717) is 25.8 Å². The van der Waals surface area contributed by atoms with Gasteiger partial charge in [0.25, 0.3) is 5.91 Å². The number of nitrogens with one attached hydrogen (secondary N) is 4. The largest absolute Gasteiger partial charge is 0.346 e. The van der Waals surface area contributed by atoms with Gasteiger partial charge in [0.1, 0.15) is 12.1 Å². The molecule has 5 saturated carbocycles. The zero-order valence-corrected chi connectivity index (χ0v) is 34.6. The van der Waals surface area contributed by atoms with E-state index >= 15 is 4.79 Å². The molecule has 5 amide bonds. The van der Waals surface area contributed by atoms with E-state index in [-0.39, 0.29) is 41.4 Å². The standard InChI is InChI=1S/C42H67N5O7S/c1-6-24-43-36(50)33(48)31(25-28-14-13-15-28)44-35(49)32-29-16-21-41(22-23-41)30(29)26-47(32)37(51)34(40(5)17-9-7-10-18-40)45-38(52)46-42(19-11-8-12-20-42)27-55(53,54)39(2,3)4/h6,28-32,34H,1,7-27H2,2-5H3,(H,43,50)(H,44,49)(H2,45,46,52)/t29-,30-,31?,32-,34+/m0/s1. The fraction of sp³-hybridized carbons (Fsp3) is 0.833. The summed E-state index contributed by atoms with van der Waals surface area (Å²) in [6, 6.07) is -3.31. The van der Waals surface area contributed by atoms with Gasteiger partial charge in [0.05, 0.1) is 22.1 Å². The van der Waals surface area contributed by atoms with Crippen molar-refractivity contribution in [3.63, 3.8) is 0 Å². The zero-order chi connectivity index (χ0) is 39.8. The van der Waals surface area contributed by atoms with Gasteiger partial charge in [-0.25, -0.2) is 13.2 Å². The highest BCUT2D eigenvalue weighted by Crippen LogP contribution is 2.66. The van der Waals surface area contributed by atoms with Crippen LogP contribution in [0.3, 0.4) is 0 Å². The Bertz CT molecular complexity index is 1600. The minimum atomic E-state index is -3.57. The van der Waals surface area contributed by atoms with Crippen molar-refractivity contribution >= 4 is 39.4 Å². The average Bonchev–Trinajstić information content (AvgIpc) is 3.68. The van der Waals surface area contributed by atoms with Crippen molar-refractivity contribution in [1.82, 2.24) is 26.2 Å². The van der Waals surface area contributed by atoms with Crippen molar-refractivity contribution in [1.29, 1.82) is 0 Å². The first-order valence-corrected chi connectivity index (χ1v) is 22.9. The molecule has 1 unspecified atom stereocenters. The SMILES string of the molecule is C=CCNC(=O)C(=O)C(CC1CCC1)NC(=O)[C@@H]1[C@H]2CCC3(CC3)[C@H]2CN1C(=O)[C@@H](NC(=O)NC1(CS(=O)(=O)C(C)(C)C)CCCCC1)C1(C)CCCCC1. The second-order valence-corrected chi connectivity index (χ2v) is 22.3. The highest BCUT2D eigenvalue weighted by molar-refractivity contribution is 7.92. The number of carbonyl (C=O) groups excluding carboxylic acids is 5. The maximum absolute atomic E-state index is 15.2. The number of likely N-dealkylation sites (tertiary alicyclic amines) is 1. The van der Waals surface area contributed by atoms with E-state index in [9.17, 15) is 27.6 Å². The Kier molecular flexibility index (Phi) is 12.2. The lowest BCUT2D eigenvalue weighted by atomic mass is 9.70. The third-order valence-electron chi connectivity index (χ3n) is 14.7. The lowest BCUT2D eigenvalue weighted by Gasteiger charge is -2.44. The van der Waals surface area contributed by atoms with Gasteiger partial charge in [-0.1, -0.05) is 70.8 Å². The Labute approximate surface area is 328 Å². The molecule has 1 aliphatic heterocycles. The van der Waals surface area contributed by atoms with E-state index in [4.69, 9.17) is 0 Å². The summed E-state index contributed by atoms with van der Waals surface area (Å²) >= 11 is 0. The van der Waals surface area contributed by atoms with Gasteiger partial charge < -0.3 is 26.2 Å². The predicted octanol–water partition coefficient (Wildman–Crippen LogP) is 5.10. The molecule has 4 N–H and O–H groups in total. The minimum absolute atomic E-state index is 0.0813. The van der Waals surface area contributed by atoms with E-state index in [0.717, 1.165) is 96.3 Å². The summed E-state index contributed by atoms with van der Waals surface area (Å²) in [5.41, 5.74) is -1.41. The van der Waals surface area contributed by atoms with Crippen LogP contribution in [0.2, 0.25) is 0 Å². The number of Topliss-reactive ketones (excluding diaryl/α,β-unsaturated/α-hetero) is 1. The number of hydrogen-bond acceptors (Lipinski definition) is 7. The number of hydrogen-bond donors (Lipinski definition) is 4. The molecule has 12 nitrogen and oxygen atoms in total. The van der Waals surface area contributed by atoms with Crippen LogP contribution >= 0.6 is 0 Å². The number of nitrogens with zero attached hydrogens (tertiary/aromatic N) is 1. The van der Waals surface area contributed by atoms with Crippen LogP contribution < -0.4 is 21.3 Å². The topological polar surface area (TPSA) is 171 Å². The van der Waals surface area contributed by atoms with Gasteiger partial charge in [-0.3, -0.25) is 19.2 Å². The second kappa shape index (κ2) is 16.1. The van der Waals surface area contributed by atoms with Crippen LogP contribution in [0.4, 0.5) is 4.79 Å². The number of urea groups is 1. The second-order valence-electron chi connectivity index (χ2n) is 19.5. The summed E-state index contributed by atoms with van der Waals surface area (Å²) in [4.78, 5) is 72.2. The molecule has 6 aliphatic rings. The Morgan fingerprint density at radius 1 is 0.855 bits per heavy atom. The van der Waals surface area contributed by atoms with E-state index in [2.05, 4.69) is 34.8 Å². The van der Waals surface area contributed by atoms with Crippen LogP contribution in [0.25, 0.3) is 0 Å². The number of rotatable bonds is 14. The Balaban J connectivity index is 1.28. The molecule has 5 aliphatic carbocycles. The molecule has 1 heterocycles. The molecule has 6 fully saturated rings. The van der Waals surface area contributed by atoms with Gasteiger partial charge in [0.2, 0.25) is 17.6 Å². The summed E-state index contributed by atoms with van der Waals surface area (Å²) < 4.78 is 26.1. The first kappa shape index (κ1) is 41.7. The highest BCUT2D eigenvalue weighted by Gasteiger charge is 2.64. The maximum Gasteiger partial charge on any atom is 0.315 e.